The van der Waals surface area contributed by atoms with Crippen LogP contribution in [0.15, 0.2) is 12.4 Å². The first-order chi connectivity index (χ1) is 12.1. The van der Waals surface area contributed by atoms with Crippen molar-refractivity contribution in [1.29, 1.82) is 0 Å². The van der Waals surface area contributed by atoms with Crippen molar-refractivity contribution in [2.75, 3.05) is 37.7 Å². The van der Waals surface area contributed by atoms with Crippen molar-refractivity contribution in [3.05, 3.63) is 29.5 Å². The summed E-state index contributed by atoms with van der Waals surface area (Å²) in [6, 6.07) is 0. The van der Waals surface area contributed by atoms with Gasteiger partial charge < -0.3 is 19.5 Å². The first-order valence-corrected chi connectivity index (χ1v) is 9.15. The molecule has 0 aliphatic carbocycles. The molecule has 0 bridgehead atoms. The smallest absolute Gasteiger partial charge is 0.131 e. The van der Waals surface area contributed by atoms with Crippen LogP contribution in [0.25, 0.3) is 0 Å². The van der Waals surface area contributed by atoms with E-state index in [4.69, 9.17) is 9.84 Å². The third-order valence-corrected chi connectivity index (χ3v) is 4.76. The highest BCUT2D eigenvalue weighted by Crippen LogP contribution is 2.28. The third kappa shape index (κ3) is 4.04. The lowest BCUT2D eigenvalue weighted by atomic mass is 10.0. The largest absolute Gasteiger partial charge is 0.378 e. The van der Waals surface area contributed by atoms with Crippen LogP contribution < -0.4 is 10.2 Å². The van der Waals surface area contributed by atoms with E-state index in [9.17, 15) is 0 Å². The van der Waals surface area contributed by atoms with Crippen molar-refractivity contribution in [1.82, 2.24) is 24.6 Å². The molecule has 1 aliphatic rings. The van der Waals surface area contributed by atoms with Crippen LogP contribution in [0, 0.1) is 6.92 Å². The molecule has 7 nitrogen and oxygen atoms in total. The number of ether oxygens (including phenoxy) is 1. The minimum atomic E-state index is 0.411. The van der Waals surface area contributed by atoms with Gasteiger partial charge in [0, 0.05) is 57.7 Å². The second-order valence-corrected chi connectivity index (χ2v) is 6.91. The molecule has 0 unspecified atom stereocenters. The van der Waals surface area contributed by atoms with E-state index in [0.717, 1.165) is 51.8 Å². The van der Waals surface area contributed by atoms with Crippen molar-refractivity contribution in [3.63, 3.8) is 0 Å². The number of imidazole rings is 1. The van der Waals surface area contributed by atoms with Gasteiger partial charge in [-0.05, 0) is 12.8 Å². The second kappa shape index (κ2) is 8.01. The number of aryl methyl sites for hydroxylation is 2. The summed E-state index contributed by atoms with van der Waals surface area (Å²) in [7, 11) is 2.05. The summed E-state index contributed by atoms with van der Waals surface area (Å²) >= 11 is 0. The lowest BCUT2D eigenvalue weighted by Gasteiger charge is -2.29. The maximum atomic E-state index is 5.51. The maximum absolute atomic E-state index is 5.51. The van der Waals surface area contributed by atoms with Crippen LogP contribution in [0.2, 0.25) is 0 Å². The van der Waals surface area contributed by atoms with Crippen LogP contribution in [0.3, 0.4) is 0 Å². The summed E-state index contributed by atoms with van der Waals surface area (Å²) in [5.74, 6) is 2.70. The summed E-state index contributed by atoms with van der Waals surface area (Å²) in [5, 5.41) is 8.40. The normalized spacial score (nSPS) is 15.3. The van der Waals surface area contributed by atoms with E-state index in [1.165, 1.54) is 17.1 Å². The highest BCUT2D eigenvalue weighted by molar-refractivity contribution is 5.51. The number of morpholine rings is 1. The molecule has 1 saturated heterocycles. The Balaban J connectivity index is 1.70. The minimum absolute atomic E-state index is 0.411. The Bertz CT molecular complexity index is 684. The lowest BCUT2D eigenvalue weighted by Crippen LogP contribution is -2.38. The first-order valence-electron chi connectivity index (χ1n) is 9.15. The Kier molecular flexibility index (Phi) is 5.75. The van der Waals surface area contributed by atoms with E-state index in [2.05, 4.69) is 40.7 Å². The van der Waals surface area contributed by atoms with Crippen LogP contribution in [-0.4, -0.2) is 52.2 Å². The molecule has 0 spiro atoms. The molecule has 138 valence electrons. The Hall–Kier alpha value is -1.86. The molecule has 1 N–H and O–H groups in total. The first kappa shape index (κ1) is 17.9. The van der Waals surface area contributed by atoms with Crippen LogP contribution in [-0.2, 0) is 24.9 Å². The number of hydrogen-bond donors (Lipinski definition) is 1. The van der Waals surface area contributed by atoms with Crippen molar-refractivity contribution in [3.8, 4) is 0 Å². The Morgan fingerprint density at radius 3 is 2.68 bits per heavy atom. The zero-order valence-electron chi connectivity index (χ0n) is 15.8. The van der Waals surface area contributed by atoms with Gasteiger partial charge in [0.15, 0.2) is 0 Å². The third-order valence-electron chi connectivity index (χ3n) is 4.76. The van der Waals surface area contributed by atoms with Crippen molar-refractivity contribution < 1.29 is 4.74 Å². The molecule has 2 aromatic heterocycles. The summed E-state index contributed by atoms with van der Waals surface area (Å²) in [4.78, 5) is 6.67. The summed E-state index contributed by atoms with van der Waals surface area (Å²) < 4.78 is 9.72. The molecule has 7 heteroatoms. The summed E-state index contributed by atoms with van der Waals surface area (Å²) in [5.41, 5.74) is 2.51. The fraction of sp³-hybridized carbons (Fsp3) is 0.667. The van der Waals surface area contributed by atoms with Gasteiger partial charge in [-0.3, -0.25) is 4.68 Å². The molecular formula is C18H30N6O. The van der Waals surface area contributed by atoms with Crippen LogP contribution in [0.5, 0.6) is 0 Å². The quantitative estimate of drug-likeness (QED) is 0.773. The number of anilines is 1. The van der Waals surface area contributed by atoms with Crippen molar-refractivity contribution >= 4 is 5.82 Å². The minimum Gasteiger partial charge on any atom is -0.378 e. The molecule has 0 radical (unpaired) electrons. The molecule has 0 atom stereocenters. The summed E-state index contributed by atoms with van der Waals surface area (Å²) in [6.45, 7) is 12.6. The van der Waals surface area contributed by atoms with Crippen molar-refractivity contribution in [2.45, 2.75) is 39.8 Å². The van der Waals surface area contributed by atoms with Crippen LogP contribution >= 0.6 is 0 Å². The molecule has 1 fully saturated rings. The summed E-state index contributed by atoms with van der Waals surface area (Å²) in [6.07, 6.45) is 3.88. The van der Waals surface area contributed by atoms with E-state index in [-0.39, 0.29) is 0 Å². The predicted molar refractivity (Wildman–Crippen MR) is 99.0 cm³/mol. The molecule has 2 aromatic rings. The van der Waals surface area contributed by atoms with Gasteiger partial charge in [0.25, 0.3) is 0 Å². The Morgan fingerprint density at radius 1 is 1.28 bits per heavy atom. The van der Waals surface area contributed by atoms with Gasteiger partial charge in [-0.25, -0.2) is 4.98 Å². The van der Waals surface area contributed by atoms with Crippen LogP contribution in [0.4, 0.5) is 5.82 Å². The highest BCUT2D eigenvalue weighted by Gasteiger charge is 2.23. The average Bonchev–Trinajstić information content (AvgIpc) is 3.15. The van der Waals surface area contributed by atoms with Crippen molar-refractivity contribution in [2.24, 2.45) is 7.05 Å². The highest BCUT2D eigenvalue weighted by atomic mass is 16.5. The second-order valence-electron chi connectivity index (χ2n) is 6.91. The number of nitrogens with one attached hydrogen (secondary N) is 1. The number of hydrogen-bond acceptors (Lipinski definition) is 5. The SMILES string of the molecule is Cc1nccn1CCNCc1c(C(C)C)nn(C)c1N1CCOCC1. The fourth-order valence-corrected chi connectivity index (χ4v) is 3.44. The van der Waals surface area contributed by atoms with E-state index < -0.39 is 0 Å². The standard InChI is InChI=1S/C18H30N6O/c1-14(2)17-16(13-19-5-7-23-8-6-20-15(23)3)18(22(4)21-17)24-9-11-25-12-10-24/h6,8,14,19H,5,7,9-13H2,1-4H3. The zero-order valence-corrected chi connectivity index (χ0v) is 15.8. The van der Waals surface area contributed by atoms with Gasteiger partial charge in [-0.15, -0.1) is 0 Å². The number of nitrogens with zero attached hydrogens (tertiary/aromatic N) is 5. The Labute approximate surface area is 150 Å². The van der Waals surface area contributed by atoms with Gasteiger partial charge in [-0.2, -0.15) is 5.10 Å². The number of rotatable bonds is 7. The van der Waals surface area contributed by atoms with Gasteiger partial charge >= 0.3 is 0 Å². The van der Waals surface area contributed by atoms with Crippen LogP contribution in [0.1, 0.15) is 36.8 Å². The van der Waals surface area contributed by atoms with Gasteiger partial charge in [-0.1, -0.05) is 13.8 Å². The van der Waals surface area contributed by atoms with Gasteiger partial charge in [0.1, 0.15) is 11.6 Å². The van der Waals surface area contributed by atoms with E-state index in [1.807, 2.05) is 24.0 Å². The average molecular weight is 346 g/mol. The molecule has 3 heterocycles. The van der Waals surface area contributed by atoms with E-state index >= 15 is 0 Å². The van der Waals surface area contributed by atoms with Gasteiger partial charge in [0.2, 0.25) is 0 Å². The lowest BCUT2D eigenvalue weighted by molar-refractivity contribution is 0.122. The molecule has 3 rings (SSSR count). The zero-order chi connectivity index (χ0) is 17.8. The predicted octanol–water partition coefficient (Wildman–Crippen LogP) is 1.67. The Morgan fingerprint density at radius 2 is 2.04 bits per heavy atom. The molecule has 0 saturated carbocycles. The monoisotopic (exact) mass is 346 g/mol. The molecule has 1 aliphatic heterocycles. The fourth-order valence-electron chi connectivity index (χ4n) is 3.44. The molecule has 25 heavy (non-hydrogen) atoms. The maximum Gasteiger partial charge on any atom is 0.131 e. The number of aromatic nitrogens is 4. The molecule has 0 amide bonds. The topological polar surface area (TPSA) is 60.1 Å². The van der Waals surface area contributed by atoms with E-state index in [0.29, 0.717) is 5.92 Å². The van der Waals surface area contributed by atoms with Gasteiger partial charge in [0.05, 0.1) is 18.9 Å². The molecule has 0 aromatic carbocycles. The molecular weight excluding hydrogens is 316 g/mol. The van der Waals surface area contributed by atoms with E-state index in [1.54, 1.807) is 0 Å².